The molecule has 1 amide bonds. The van der Waals surface area contributed by atoms with E-state index < -0.39 is 17.8 Å². The SMILES string of the molecule is O=C(O)c1cc(NC(=O)c2cnc[nH]2)cc(C(=O)O)c1. The molecule has 20 heavy (non-hydrogen) atoms. The minimum atomic E-state index is -1.29. The molecule has 0 radical (unpaired) electrons. The van der Waals surface area contributed by atoms with Gasteiger partial charge in [0, 0.05) is 5.69 Å². The largest absolute Gasteiger partial charge is 0.478 e. The van der Waals surface area contributed by atoms with Crippen molar-refractivity contribution in [2.75, 3.05) is 5.32 Å². The number of hydrogen-bond acceptors (Lipinski definition) is 4. The molecule has 1 aromatic heterocycles. The van der Waals surface area contributed by atoms with E-state index in [2.05, 4.69) is 15.3 Å². The zero-order valence-corrected chi connectivity index (χ0v) is 9.95. The highest BCUT2D eigenvalue weighted by Gasteiger charge is 2.14. The van der Waals surface area contributed by atoms with Crippen molar-refractivity contribution in [3.63, 3.8) is 0 Å². The van der Waals surface area contributed by atoms with Crippen LogP contribution in [0, 0.1) is 0 Å². The fourth-order valence-corrected chi connectivity index (χ4v) is 1.53. The highest BCUT2D eigenvalue weighted by atomic mass is 16.4. The van der Waals surface area contributed by atoms with E-state index in [1.807, 2.05) is 0 Å². The predicted octanol–water partition coefficient (Wildman–Crippen LogP) is 1.06. The van der Waals surface area contributed by atoms with Crippen molar-refractivity contribution in [3.8, 4) is 0 Å². The number of carbonyl (C=O) groups is 3. The molecule has 0 atom stereocenters. The number of amides is 1. The van der Waals surface area contributed by atoms with Crippen molar-refractivity contribution >= 4 is 23.5 Å². The van der Waals surface area contributed by atoms with E-state index in [-0.39, 0.29) is 22.5 Å². The molecule has 4 N–H and O–H groups in total. The molecule has 0 unspecified atom stereocenters. The summed E-state index contributed by atoms with van der Waals surface area (Å²) in [4.78, 5) is 39.8. The van der Waals surface area contributed by atoms with Gasteiger partial charge < -0.3 is 20.5 Å². The maximum atomic E-state index is 11.8. The highest BCUT2D eigenvalue weighted by Crippen LogP contribution is 2.16. The van der Waals surface area contributed by atoms with Gasteiger partial charge in [-0.25, -0.2) is 14.6 Å². The number of imidazole rings is 1. The van der Waals surface area contributed by atoms with Crippen LogP contribution in [0.2, 0.25) is 0 Å². The lowest BCUT2D eigenvalue weighted by Gasteiger charge is -2.06. The zero-order chi connectivity index (χ0) is 14.7. The highest BCUT2D eigenvalue weighted by molar-refractivity contribution is 6.04. The number of aromatic amines is 1. The molecule has 0 bridgehead atoms. The molecule has 1 heterocycles. The summed E-state index contributed by atoms with van der Waals surface area (Å²) in [5.74, 6) is -3.13. The lowest BCUT2D eigenvalue weighted by atomic mass is 10.1. The summed E-state index contributed by atoms with van der Waals surface area (Å²) < 4.78 is 0. The van der Waals surface area contributed by atoms with Gasteiger partial charge in [0.05, 0.1) is 23.7 Å². The molecule has 0 saturated carbocycles. The molecule has 0 aliphatic heterocycles. The van der Waals surface area contributed by atoms with Crippen molar-refractivity contribution in [1.29, 1.82) is 0 Å². The topological polar surface area (TPSA) is 132 Å². The summed E-state index contributed by atoms with van der Waals surface area (Å²) in [6.45, 7) is 0. The van der Waals surface area contributed by atoms with Gasteiger partial charge in [-0.3, -0.25) is 4.79 Å². The van der Waals surface area contributed by atoms with Crippen LogP contribution < -0.4 is 5.32 Å². The van der Waals surface area contributed by atoms with Crippen molar-refractivity contribution in [2.45, 2.75) is 0 Å². The van der Waals surface area contributed by atoms with Crippen molar-refractivity contribution in [1.82, 2.24) is 9.97 Å². The minimum Gasteiger partial charge on any atom is -0.478 e. The van der Waals surface area contributed by atoms with Gasteiger partial charge in [-0.15, -0.1) is 0 Å². The van der Waals surface area contributed by atoms with Crippen LogP contribution in [-0.4, -0.2) is 38.0 Å². The summed E-state index contributed by atoms with van der Waals surface area (Å²) in [6.07, 6.45) is 2.60. The average molecular weight is 275 g/mol. The normalized spacial score (nSPS) is 10.0. The number of aromatic carboxylic acids is 2. The molecule has 2 aromatic rings. The summed E-state index contributed by atoms with van der Waals surface area (Å²) in [6, 6.07) is 3.35. The molecule has 0 aliphatic rings. The van der Waals surface area contributed by atoms with Crippen LogP contribution >= 0.6 is 0 Å². The lowest BCUT2D eigenvalue weighted by molar-refractivity contribution is 0.0696. The second-order valence-electron chi connectivity index (χ2n) is 3.83. The number of aromatic nitrogens is 2. The second-order valence-corrected chi connectivity index (χ2v) is 3.83. The van der Waals surface area contributed by atoms with Gasteiger partial charge in [-0.2, -0.15) is 0 Å². The minimum absolute atomic E-state index is 0.0712. The van der Waals surface area contributed by atoms with Crippen LogP contribution in [-0.2, 0) is 0 Å². The van der Waals surface area contributed by atoms with E-state index in [0.717, 1.165) is 6.07 Å². The zero-order valence-electron chi connectivity index (χ0n) is 9.95. The molecule has 2 rings (SSSR count). The lowest BCUT2D eigenvalue weighted by Crippen LogP contribution is -2.14. The third-order valence-corrected chi connectivity index (χ3v) is 2.43. The number of benzene rings is 1. The quantitative estimate of drug-likeness (QED) is 0.659. The number of carbonyl (C=O) groups excluding carboxylic acids is 1. The maximum Gasteiger partial charge on any atom is 0.335 e. The van der Waals surface area contributed by atoms with Crippen molar-refractivity contribution in [2.24, 2.45) is 0 Å². The first-order valence-electron chi connectivity index (χ1n) is 5.39. The van der Waals surface area contributed by atoms with Crippen molar-refractivity contribution < 1.29 is 24.6 Å². The van der Waals surface area contributed by atoms with Crippen molar-refractivity contribution in [3.05, 3.63) is 47.5 Å². The fraction of sp³-hybridized carbons (Fsp3) is 0. The summed E-state index contributed by atoms with van der Waals surface area (Å²) in [5.41, 5.74) is -0.223. The number of anilines is 1. The maximum absolute atomic E-state index is 11.8. The fourth-order valence-electron chi connectivity index (χ4n) is 1.53. The Labute approximate surface area is 112 Å². The van der Waals surface area contributed by atoms with Gasteiger partial charge in [-0.05, 0) is 18.2 Å². The van der Waals surface area contributed by atoms with Crippen LogP contribution in [0.1, 0.15) is 31.2 Å². The standard InChI is InChI=1S/C12H9N3O5/c16-10(9-4-13-5-14-9)15-8-2-6(11(17)18)1-7(3-8)12(19)20/h1-5H,(H,13,14)(H,15,16)(H,17,18)(H,19,20). The molecular weight excluding hydrogens is 266 g/mol. The number of carboxylic acids is 2. The van der Waals surface area contributed by atoms with E-state index in [1.165, 1.54) is 24.7 Å². The predicted molar refractivity (Wildman–Crippen MR) is 66.9 cm³/mol. The van der Waals surface area contributed by atoms with Gasteiger partial charge in [0.2, 0.25) is 0 Å². The Morgan fingerprint density at radius 1 is 1.05 bits per heavy atom. The number of carboxylic acid groups (broad SMARTS) is 2. The van der Waals surface area contributed by atoms with Gasteiger partial charge in [-0.1, -0.05) is 0 Å². The Hall–Kier alpha value is -3.16. The van der Waals surface area contributed by atoms with Gasteiger partial charge >= 0.3 is 11.9 Å². The van der Waals surface area contributed by atoms with Crippen LogP contribution in [0.4, 0.5) is 5.69 Å². The number of nitrogens with zero attached hydrogens (tertiary/aromatic N) is 1. The first-order chi connectivity index (χ1) is 9.47. The molecule has 102 valence electrons. The molecule has 0 fully saturated rings. The van der Waals surface area contributed by atoms with E-state index in [9.17, 15) is 14.4 Å². The van der Waals surface area contributed by atoms with Gasteiger partial charge in [0.15, 0.2) is 0 Å². The third kappa shape index (κ3) is 2.80. The number of hydrogen-bond donors (Lipinski definition) is 4. The van der Waals surface area contributed by atoms with Crippen LogP contribution in [0.3, 0.4) is 0 Å². The number of rotatable bonds is 4. The van der Waals surface area contributed by atoms with E-state index >= 15 is 0 Å². The number of nitrogens with one attached hydrogen (secondary N) is 2. The third-order valence-electron chi connectivity index (χ3n) is 2.43. The number of H-pyrrole nitrogens is 1. The molecule has 0 spiro atoms. The van der Waals surface area contributed by atoms with Crippen LogP contribution in [0.15, 0.2) is 30.7 Å². The van der Waals surface area contributed by atoms with Gasteiger partial charge in [0.25, 0.3) is 5.91 Å². The van der Waals surface area contributed by atoms with Crippen LogP contribution in [0.5, 0.6) is 0 Å². The molecule has 0 saturated heterocycles. The monoisotopic (exact) mass is 275 g/mol. The Morgan fingerprint density at radius 2 is 1.65 bits per heavy atom. The first-order valence-corrected chi connectivity index (χ1v) is 5.39. The Kier molecular flexibility index (Phi) is 3.47. The average Bonchev–Trinajstić information content (AvgIpc) is 2.92. The summed E-state index contributed by atoms with van der Waals surface area (Å²) >= 11 is 0. The Morgan fingerprint density at radius 3 is 2.10 bits per heavy atom. The van der Waals surface area contributed by atoms with E-state index in [1.54, 1.807) is 0 Å². The molecule has 8 heteroatoms. The summed E-state index contributed by atoms with van der Waals surface area (Å²) in [7, 11) is 0. The molecule has 1 aromatic carbocycles. The smallest absolute Gasteiger partial charge is 0.335 e. The molecule has 8 nitrogen and oxygen atoms in total. The summed E-state index contributed by atoms with van der Waals surface area (Å²) in [5, 5.41) is 20.2. The van der Waals surface area contributed by atoms with Gasteiger partial charge in [0.1, 0.15) is 5.69 Å². The first kappa shape index (κ1) is 13.3. The van der Waals surface area contributed by atoms with E-state index in [0.29, 0.717) is 0 Å². The second kappa shape index (κ2) is 5.22. The molecule has 0 aliphatic carbocycles. The Bertz CT molecular complexity index is 646. The van der Waals surface area contributed by atoms with E-state index in [4.69, 9.17) is 10.2 Å². The van der Waals surface area contributed by atoms with Crippen LogP contribution in [0.25, 0.3) is 0 Å². The molecular formula is C12H9N3O5. The Balaban J connectivity index is 2.33.